The van der Waals surface area contributed by atoms with E-state index in [1.54, 1.807) is 0 Å². The molecule has 0 fully saturated rings. The van der Waals surface area contributed by atoms with Crippen LogP contribution in [-0.2, 0) is 0 Å². The van der Waals surface area contributed by atoms with Crippen molar-refractivity contribution >= 4 is 44.1 Å². The molecule has 0 spiro atoms. The Hall–Kier alpha value is 2.35. The first kappa shape index (κ1) is 24.4. The van der Waals surface area contributed by atoms with Crippen molar-refractivity contribution in [3.05, 3.63) is 0 Å². The third-order valence-electron chi connectivity index (χ3n) is 3.52. The van der Waals surface area contributed by atoms with Crippen LogP contribution in [0.15, 0.2) is 0 Å². The summed E-state index contributed by atoms with van der Waals surface area (Å²) in [5.74, 6) is 0. The van der Waals surface area contributed by atoms with Crippen LogP contribution in [0.2, 0.25) is 62.8 Å². The number of halogens is 1. The third-order valence-corrected chi connectivity index (χ3v) is 34.2. The number of hydrogen-bond donors (Lipinski definition) is 0. The van der Waals surface area contributed by atoms with E-state index in [0.717, 1.165) is 0 Å². The van der Waals surface area contributed by atoms with Crippen LogP contribution in [0.3, 0.4) is 0 Å². The van der Waals surface area contributed by atoms with Gasteiger partial charge in [-0.1, -0.05) is 58.9 Å². The molecular formula is C10H27ClLi2Si4+. The molecule has 0 bridgehead atoms. The average molecular weight is 309 g/mol. The Morgan fingerprint density at radius 3 is 0.824 bits per heavy atom. The Morgan fingerprint density at radius 2 is 0.824 bits per heavy atom. The molecule has 0 aliphatic carbocycles. The van der Waals surface area contributed by atoms with Gasteiger partial charge in [0.1, 0.15) is 0 Å². The minimum Gasteiger partial charge on any atom is -0.428 e. The van der Waals surface area contributed by atoms with Crippen molar-refractivity contribution in [3.8, 4) is 0 Å². The zero-order valence-electron chi connectivity index (χ0n) is 13.9. The molecule has 0 saturated heterocycles. The molecule has 0 aromatic heterocycles. The molecule has 0 heterocycles. The zero-order valence-corrected chi connectivity index (χ0v) is 18.6. The van der Waals surface area contributed by atoms with Crippen molar-refractivity contribution in [1.29, 1.82) is 0 Å². The fourth-order valence-electron chi connectivity index (χ4n) is 3.80. The number of hydrogen-bond acceptors (Lipinski definition) is 0. The summed E-state index contributed by atoms with van der Waals surface area (Å²) >= 11 is 6.51. The average Bonchev–Trinajstić information content (AvgIpc) is 1.76. The van der Waals surface area contributed by atoms with Crippen LogP contribution in [-0.4, -0.2) is 33.1 Å². The molecule has 0 saturated carbocycles. The second-order valence-corrected chi connectivity index (χ2v) is 27.9. The Bertz CT molecular complexity index is 192. The fraction of sp³-hybridized carbons (Fsp3) is 1.00. The molecule has 0 aromatic rings. The van der Waals surface area contributed by atoms with Crippen molar-refractivity contribution in [2.24, 2.45) is 0 Å². The monoisotopic (exact) mass is 308 g/mol. The first-order valence-electron chi connectivity index (χ1n) is 5.69. The third kappa shape index (κ3) is 4.69. The summed E-state index contributed by atoms with van der Waals surface area (Å²) in [7, 11) is -2.98. The molecule has 91 valence electrons. The SMILES string of the molecule is C[Si](C)(C)C([Si-]Cl)([Si](C)(C)C)[Si](C)(C)C.[Li+].[Li+]. The summed E-state index contributed by atoms with van der Waals surface area (Å²) in [5.41, 5.74) is 0. The van der Waals surface area contributed by atoms with E-state index in [-0.39, 0.29) is 37.7 Å². The molecule has 1 radical (unpaired) electrons. The summed E-state index contributed by atoms with van der Waals surface area (Å²) < 4.78 is 0.564. The van der Waals surface area contributed by atoms with Gasteiger partial charge >= 0.3 is 37.7 Å². The first-order valence-corrected chi connectivity index (χ1v) is 18.2. The maximum absolute atomic E-state index is 6.51. The van der Waals surface area contributed by atoms with Gasteiger partial charge in [-0.05, 0) is 0 Å². The van der Waals surface area contributed by atoms with Crippen LogP contribution in [0.25, 0.3) is 0 Å². The van der Waals surface area contributed by atoms with Gasteiger partial charge in [-0.25, -0.2) is 0 Å². The molecule has 0 unspecified atom stereocenters. The van der Waals surface area contributed by atoms with Crippen molar-refractivity contribution in [2.75, 3.05) is 0 Å². The fourth-order valence-corrected chi connectivity index (χ4v) is 41.9. The molecule has 0 nitrogen and oxygen atoms in total. The molecule has 17 heavy (non-hydrogen) atoms. The van der Waals surface area contributed by atoms with Gasteiger partial charge in [0.15, 0.2) is 0 Å². The molecule has 0 aliphatic rings. The van der Waals surface area contributed by atoms with E-state index in [1.165, 1.54) is 0 Å². The van der Waals surface area contributed by atoms with Gasteiger partial charge in [0.25, 0.3) is 0 Å². The van der Waals surface area contributed by atoms with Gasteiger partial charge in [-0.15, -0.1) is 0 Å². The van der Waals surface area contributed by atoms with E-state index in [2.05, 4.69) is 58.9 Å². The van der Waals surface area contributed by atoms with E-state index >= 15 is 0 Å². The van der Waals surface area contributed by atoms with E-state index < -0.39 is 24.2 Å². The smallest absolute Gasteiger partial charge is 0.428 e. The van der Waals surface area contributed by atoms with Crippen LogP contribution in [0, 0.1) is 0 Å². The molecule has 0 aromatic carbocycles. The predicted molar refractivity (Wildman–Crippen MR) is 84.3 cm³/mol. The molecule has 0 amide bonds. The van der Waals surface area contributed by atoms with E-state index in [4.69, 9.17) is 11.1 Å². The van der Waals surface area contributed by atoms with Gasteiger partial charge in [0.05, 0.1) is 0 Å². The Labute approximate surface area is 143 Å². The molecule has 0 aliphatic heterocycles. The normalized spacial score (nSPS) is 13.8. The van der Waals surface area contributed by atoms with Crippen LogP contribution in [0.5, 0.6) is 0 Å². The largest absolute Gasteiger partial charge is 1.00 e. The number of rotatable bonds is 4. The van der Waals surface area contributed by atoms with E-state index in [9.17, 15) is 0 Å². The van der Waals surface area contributed by atoms with Crippen LogP contribution < -0.4 is 37.7 Å². The van der Waals surface area contributed by atoms with Crippen LogP contribution in [0.1, 0.15) is 0 Å². The molecular weight excluding hydrogens is 282 g/mol. The van der Waals surface area contributed by atoms with Gasteiger partial charge < -0.3 is 19.9 Å². The Morgan fingerprint density at radius 1 is 0.647 bits per heavy atom. The van der Waals surface area contributed by atoms with Crippen molar-refractivity contribution in [1.82, 2.24) is 0 Å². The first-order chi connectivity index (χ1) is 6.31. The molecule has 0 N–H and O–H groups in total. The summed E-state index contributed by atoms with van der Waals surface area (Å²) in [6.07, 6.45) is 0. The minimum absolute atomic E-state index is 0. The topological polar surface area (TPSA) is 0 Å². The molecule has 7 heteroatoms. The van der Waals surface area contributed by atoms with Gasteiger partial charge in [0.2, 0.25) is 0 Å². The Balaban J connectivity index is -0.000000980. The minimum atomic E-state index is -1.20. The standard InChI is InChI=1S/C10H27ClSi4.2Li/c1-13(2,3)10(12-11,14(4,5)6)15(7,8)9;;/h1-9H3;;/q-1;2*+1. The molecule has 0 rings (SSSR count). The van der Waals surface area contributed by atoms with Crippen LogP contribution in [0.4, 0.5) is 0 Å². The second-order valence-electron chi connectivity index (χ2n) is 7.59. The van der Waals surface area contributed by atoms with Gasteiger partial charge in [0, 0.05) is 24.2 Å². The van der Waals surface area contributed by atoms with Gasteiger partial charge in [-0.2, -0.15) is 3.91 Å². The maximum atomic E-state index is 6.51. The molecule has 0 atom stereocenters. The summed E-state index contributed by atoms with van der Waals surface area (Å²) in [4.78, 5) is 0. The van der Waals surface area contributed by atoms with Crippen molar-refractivity contribution in [3.63, 3.8) is 0 Å². The van der Waals surface area contributed by atoms with E-state index in [0.29, 0.717) is 12.7 Å². The second kappa shape index (κ2) is 7.39. The summed E-state index contributed by atoms with van der Waals surface area (Å²) in [5, 5.41) is 0. The summed E-state index contributed by atoms with van der Waals surface area (Å²) in [6, 6.07) is 0. The Kier molecular flexibility index (Phi) is 10.6. The van der Waals surface area contributed by atoms with Crippen molar-refractivity contribution < 1.29 is 37.7 Å². The predicted octanol–water partition coefficient (Wildman–Crippen LogP) is -1.36. The quantitative estimate of drug-likeness (QED) is 0.445. The summed E-state index contributed by atoms with van der Waals surface area (Å²) in [6.45, 7) is 22.7. The van der Waals surface area contributed by atoms with E-state index in [1.807, 2.05) is 0 Å². The zero-order chi connectivity index (χ0) is 12.7. The maximum Gasteiger partial charge on any atom is 1.00 e. The van der Waals surface area contributed by atoms with Gasteiger partial charge in [-0.3, -0.25) is 0 Å². The van der Waals surface area contributed by atoms with Crippen molar-refractivity contribution in [2.45, 2.75) is 62.8 Å². The van der Waals surface area contributed by atoms with Crippen LogP contribution >= 0.6 is 11.1 Å².